The molecule has 3 aromatic rings. The molecule has 182 valence electrons. The monoisotopic (exact) mass is 489 g/mol. The van der Waals surface area contributed by atoms with E-state index in [0.717, 1.165) is 54.0 Å². The number of nitrogens with zero attached hydrogens (tertiary/aromatic N) is 4. The van der Waals surface area contributed by atoms with E-state index in [4.69, 9.17) is 5.73 Å². The minimum absolute atomic E-state index is 0.0544. The average molecular weight is 490 g/mol. The molecule has 2 fully saturated rings. The van der Waals surface area contributed by atoms with Gasteiger partial charge in [-0.25, -0.2) is 0 Å². The minimum atomic E-state index is -0.455. The van der Waals surface area contributed by atoms with Gasteiger partial charge in [0.2, 0.25) is 16.2 Å². The molecule has 2 aliphatic rings. The fourth-order valence-corrected chi connectivity index (χ4v) is 5.64. The third-order valence-electron chi connectivity index (χ3n) is 7.03. The van der Waals surface area contributed by atoms with Gasteiger partial charge in [-0.3, -0.25) is 14.5 Å². The molecular weight excluding hydrogens is 458 g/mol. The molecular formula is C27H31N5O2S. The van der Waals surface area contributed by atoms with E-state index in [1.165, 1.54) is 17.8 Å². The second kappa shape index (κ2) is 9.77. The van der Waals surface area contributed by atoms with Crippen LogP contribution in [0.5, 0.6) is 0 Å². The summed E-state index contributed by atoms with van der Waals surface area (Å²) < 4.78 is 0. The van der Waals surface area contributed by atoms with Crippen molar-refractivity contribution in [2.75, 3.05) is 22.9 Å². The molecule has 2 aromatic carbocycles. The summed E-state index contributed by atoms with van der Waals surface area (Å²) in [7, 11) is 0. The van der Waals surface area contributed by atoms with Gasteiger partial charge in [-0.1, -0.05) is 29.5 Å². The van der Waals surface area contributed by atoms with Crippen LogP contribution in [0.2, 0.25) is 0 Å². The SMILES string of the molecule is Cc1ccc(C(=O)N(CC2CC2)c2nnc(N3CCCCC3C)s2)cc1-c1ccc(C(N)=O)cc1. The van der Waals surface area contributed by atoms with E-state index in [1.807, 2.05) is 42.2 Å². The Labute approximate surface area is 210 Å². The first-order valence-corrected chi connectivity index (χ1v) is 13.2. The van der Waals surface area contributed by atoms with Crippen molar-refractivity contribution in [3.8, 4) is 11.1 Å². The predicted molar refractivity (Wildman–Crippen MR) is 140 cm³/mol. The van der Waals surface area contributed by atoms with Gasteiger partial charge in [0.05, 0.1) is 0 Å². The zero-order chi connectivity index (χ0) is 24.5. The highest BCUT2D eigenvalue weighted by Gasteiger charge is 2.31. The van der Waals surface area contributed by atoms with Gasteiger partial charge in [0.25, 0.3) is 5.91 Å². The largest absolute Gasteiger partial charge is 0.366 e. The highest BCUT2D eigenvalue weighted by Crippen LogP contribution is 2.36. The van der Waals surface area contributed by atoms with Crippen molar-refractivity contribution >= 4 is 33.4 Å². The standard InChI is InChI=1S/C27H31N5O2S/c1-17-6-9-22(15-23(17)20-10-12-21(13-11-20)24(28)33)25(34)32(16-19-7-8-19)27-30-29-26(35-27)31-14-4-3-5-18(31)2/h6,9-13,15,18-19H,3-5,7-8,14,16H2,1-2H3,(H2,28,33). The van der Waals surface area contributed by atoms with Crippen LogP contribution < -0.4 is 15.5 Å². The lowest BCUT2D eigenvalue weighted by molar-refractivity contribution is 0.0982. The van der Waals surface area contributed by atoms with Crippen molar-refractivity contribution < 1.29 is 9.59 Å². The number of carbonyl (C=O) groups is 2. The summed E-state index contributed by atoms with van der Waals surface area (Å²) in [5.41, 5.74) is 9.42. The molecule has 5 rings (SSSR count). The summed E-state index contributed by atoms with van der Waals surface area (Å²) in [4.78, 5) is 29.4. The summed E-state index contributed by atoms with van der Waals surface area (Å²) in [6, 6.07) is 13.4. The van der Waals surface area contributed by atoms with Crippen LogP contribution in [-0.2, 0) is 0 Å². The van der Waals surface area contributed by atoms with Crippen molar-refractivity contribution in [1.29, 1.82) is 0 Å². The second-order valence-corrected chi connectivity index (χ2v) is 10.7. The van der Waals surface area contributed by atoms with Crippen LogP contribution in [0.4, 0.5) is 10.3 Å². The molecule has 2 N–H and O–H groups in total. The Balaban J connectivity index is 1.44. The number of hydrogen-bond donors (Lipinski definition) is 1. The van der Waals surface area contributed by atoms with E-state index in [9.17, 15) is 9.59 Å². The molecule has 1 saturated carbocycles. The molecule has 2 heterocycles. The van der Waals surface area contributed by atoms with Crippen LogP contribution in [0.3, 0.4) is 0 Å². The molecule has 1 aliphatic carbocycles. The van der Waals surface area contributed by atoms with Gasteiger partial charge >= 0.3 is 0 Å². The van der Waals surface area contributed by atoms with Crippen molar-refractivity contribution in [3.63, 3.8) is 0 Å². The number of primary amides is 1. The molecule has 1 saturated heterocycles. The number of nitrogens with two attached hydrogens (primary N) is 1. The smallest absolute Gasteiger partial charge is 0.260 e. The zero-order valence-electron chi connectivity index (χ0n) is 20.2. The van der Waals surface area contributed by atoms with Gasteiger partial charge in [-0.05, 0) is 92.8 Å². The van der Waals surface area contributed by atoms with E-state index < -0.39 is 5.91 Å². The molecule has 1 atom stereocenters. The highest BCUT2D eigenvalue weighted by atomic mass is 32.1. The Morgan fingerprint density at radius 1 is 1.06 bits per heavy atom. The summed E-state index contributed by atoms with van der Waals surface area (Å²) in [6.45, 7) is 5.91. The number of aryl methyl sites for hydroxylation is 1. The van der Waals surface area contributed by atoms with Gasteiger partial charge < -0.3 is 10.6 Å². The first kappa shape index (κ1) is 23.5. The van der Waals surface area contributed by atoms with Crippen LogP contribution in [0.1, 0.15) is 65.3 Å². The quantitative estimate of drug-likeness (QED) is 0.501. The number of piperidine rings is 1. The van der Waals surface area contributed by atoms with Crippen molar-refractivity contribution in [2.24, 2.45) is 11.7 Å². The summed E-state index contributed by atoms with van der Waals surface area (Å²) >= 11 is 1.52. The first-order valence-electron chi connectivity index (χ1n) is 12.3. The topological polar surface area (TPSA) is 92.4 Å². The first-order chi connectivity index (χ1) is 16.9. The molecule has 8 heteroatoms. The molecule has 2 amide bonds. The number of carbonyl (C=O) groups excluding carboxylic acids is 2. The molecule has 1 aliphatic heterocycles. The Morgan fingerprint density at radius 2 is 1.80 bits per heavy atom. The summed E-state index contributed by atoms with van der Waals surface area (Å²) in [5, 5.41) is 10.5. The molecule has 0 bridgehead atoms. The molecule has 0 spiro atoms. The van der Waals surface area contributed by atoms with Gasteiger partial charge in [-0.2, -0.15) is 0 Å². The molecule has 1 aromatic heterocycles. The van der Waals surface area contributed by atoms with Crippen LogP contribution in [-0.4, -0.2) is 41.1 Å². The van der Waals surface area contributed by atoms with Gasteiger partial charge in [0.15, 0.2) is 0 Å². The van der Waals surface area contributed by atoms with Crippen LogP contribution >= 0.6 is 11.3 Å². The van der Waals surface area contributed by atoms with Crippen molar-refractivity contribution in [3.05, 3.63) is 59.2 Å². The number of amides is 2. The lowest BCUT2D eigenvalue weighted by atomic mass is 9.96. The third kappa shape index (κ3) is 5.07. The predicted octanol–water partition coefficient (Wildman–Crippen LogP) is 5.05. The molecule has 35 heavy (non-hydrogen) atoms. The Bertz CT molecular complexity index is 1230. The van der Waals surface area contributed by atoms with Crippen LogP contribution in [0.25, 0.3) is 11.1 Å². The number of rotatable bonds is 7. The summed E-state index contributed by atoms with van der Waals surface area (Å²) in [5.74, 6) is 0.0102. The Morgan fingerprint density at radius 3 is 2.49 bits per heavy atom. The number of anilines is 2. The average Bonchev–Trinajstić information content (AvgIpc) is 3.56. The minimum Gasteiger partial charge on any atom is -0.366 e. The van der Waals surface area contributed by atoms with Crippen LogP contribution in [0.15, 0.2) is 42.5 Å². The van der Waals surface area contributed by atoms with E-state index in [-0.39, 0.29) is 5.91 Å². The lowest BCUT2D eigenvalue weighted by Gasteiger charge is -2.32. The second-order valence-electron chi connectivity index (χ2n) is 9.74. The van der Waals surface area contributed by atoms with E-state index >= 15 is 0 Å². The molecule has 0 radical (unpaired) electrons. The molecule has 1 unspecified atom stereocenters. The fraction of sp³-hybridized carbons (Fsp3) is 0.407. The maximum atomic E-state index is 13.8. The van der Waals surface area contributed by atoms with Gasteiger partial charge in [-0.15, -0.1) is 10.2 Å². The third-order valence-corrected chi connectivity index (χ3v) is 8.01. The number of hydrogen-bond acceptors (Lipinski definition) is 6. The molecule has 7 nitrogen and oxygen atoms in total. The normalized spacial score (nSPS) is 17.9. The van der Waals surface area contributed by atoms with E-state index in [0.29, 0.717) is 34.8 Å². The van der Waals surface area contributed by atoms with Gasteiger partial charge in [0, 0.05) is 30.3 Å². The van der Waals surface area contributed by atoms with E-state index in [2.05, 4.69) is 22.0 Å². The van der Waals surface area contributed by atoms with Crippen molar-refractivity contribution in [1.82, 2.24) is 10.2 Å². The maximum absolute atomic E-state index is 13.8. The number of aromatic nitrogens is 2. The van der Waals surface area contributed by atoms with Crippen LogP contribution in [0, 0.1) is 12.8 Å². The lowest BCUT2D eigenvalue weighted by Crippen LogP contribution is -2.37. The Hall–Kier alpha value is -3.26. The van der Waals surface area contributed by atoms with E-state index in [1.54, 1.807) is 12.1 Å². The summed E-state index contributed by atoms with van der Waals surface area (Å²) in [6.07, 6.45) is 5.85. The van der Waals surface area contributed by atoms with Gasteiger partial charge in [0.1, 0.15) is 0 Å². The highest BCUT2D eigenvalue weighted by molar-refractivity contribution is 7.19. The Kier molecular flexibility index (Phi) is 6.56. The van der Waals surface area contributed by atoms with Crippen molar-refractivity contribution in [2.45, 2.75) is 52.0 Å². The fourth-order valence-electron chi connectivity index (χ4n) is 4.66. The zero-order valence-corrected chi connectivity index (χ0v) is 21.1. The maximum Gasteiger partial charge on any atom is 0.260 e. The number of benzene rings is 2.